The third kappa shape index (κ3) is 4.58. The minimum Gasteiger partial charge on any atom is -0.497 e. The highest BCUT2D eigenvalue weighted by molar-refractivity contribution is 5.88. The van der Waals surface area contributed by atoms with E-state index in [1.807, 2.05) is 24.3 Å². The van der Waals surface area contributed by atoms with Crippen LogP contribution in [0.25, 0.3) is 0 Å². The van der Waals surface area contributed by atoms with Crippen LogP contribution in [0.2, 0.25) is 0 Å². The largest absolute Gasteiger partial charge is 0.497 e. The Kier molecular flexibility index (Phi) is 5.97. The van der Waals surface area contributed by atoms with Crippen molar-refractivity contribution in [1.29, 1.82) is 0 Å². The number of methoxy groups -OCH3 is 1. The number of benzene rings is 2. The molecule has 7 nitrogen and oxygen atoms in total. The molecule has 0 bridgehead atoms. The molecule has 0 saturated carbocycles. The van der Waals surface area contributed by atoms with Gasteiger partial charge in [-0.05, 0) is 54.8 Å². The van der Waals surface area contributed by atoms with Crippen LogP contribution in [-0.4, -0.2) is 34.7 Å². The zero-order chi connectivity index (χ0) is 21.8. The lowest BCUT2D eigenvalue weighted by Gasteiger charge is -2.25. The zero-order valence-corrected chi connectivity index (χ0v) is 17.0. The van der Waals surface area contributed by atoms with E-state index < -0.39 is 5.97 Å². The second-order valence-corrected chi connectivity index (χ2v) is 7.20. The molecule has 160 valence electrons. The molecule has 0 radical (unpaired) electrons. The second kappa shape index (κ2) is 8.99. The molecule has 0 unspecified atom stereocenters. The predicted octanol–water partition coefficient (Wildman–Crippen LogP) is 4.24. The molecule has 3 aromatic rings. The molecule has 1 fully saturated rings. The molecule has 0 spiro atoms. The summed E-state index contributed by atoms with van der Waals surface area (Å²) in [5.41, 5.74) is 1.36. The van der Waals surface area contributed by atoms with Gasteiger partial charge in [-0.1, -0.05) is 12.1 Å². The van der Waals surface area contributed by atoms with Gasteiger partial charge in [0.2, 0.25) is 5.95 Å². The molecule has 31 heavy (non-hydrogen) atoms. The van der Waals surface area contributed by atoms with Crippen LogP contribution in [-0.2, 0) is 6.61 Å². The van der Waals surface area contributed by atoms with Gasteiger partial charge in [0, 0.05) is 12.7 Å². The molecule has 1 N–H and O–H groups in total. The summed E-state index contributed by atoms with van der Waals surface area (Å²) in [7, 11) is 1.63. The van der Waals surface area contributed by atoms with Gasteiger partial charge in [0.1, 0.15) is 29.5 Å². The Labute approximate surface area is 179 Å². The summed E-state index contributed by atoms with van der Waals surface area (Å²) >= 11 is 0. The van der Waals surface area contributed by atoms with Gasteiger partial charge < -0.3 is 19.5 Å². The molecule has 8 heteroatoms. The van der Waals surface area contributed by atoms with Gasteiger partial charge in [-0.25, -0.2) is 19.2 Å². The lowest BCUT2D eigenvalue weighted by molar-refractivity contribution is 0.0692. The smallest absolute Gasteiger partial charge is 0.339 e. The molecular weight excluding hydrogens is 401 g/mol. The average molecular weight is 423 g/mol. The van der Waals surface area contributed by atoms with Crippen molar-refractivity contribution in [3.8, 4) is 11.5 Å². The molecule has 0 aliphatic carbocycles. The first-order valence-corrected chi connectivity index (χ1v) is 9.93. The monoisotopic (exact) mass is 423 g/mol. The van der Waals surface area contributed by atoms with Gasteiger partial charge in [-0.15, -0.1) is 0 Å². The van der Waals surface area contributed by atoms with E-state index in [-0.39, 0.29) is 29.7 Å². The van der Waals surface area contributed by atoms with Crippen LogP contribution >= 0.6 is 0 Å². The number of carboxylic acids is 1. The van der Waals surface area contributed by atoms with Crippen molar-refractivity contribution >= 4 is 11.9 Å². The van der Waals surface area contributed by atoms with E-state index in [4.69, 9.17) is 9.47 Å². The van der Waals surface area contributed by atoms with Gasteiger partial charge in [0.25, 0.3) is 0 Å². The quantitative estimate of drug-likeness (QED) is 0.608. The molecule has 1 aliphatic rings. The molecule has 2 aromatic carbocycles. The SMILES string of the molecule is COc1ccc([C@@H]2CCCN2c2ncc(C(=O)O)c(COc3ccc(F)cc3)n2)cc1. The first kappa shape index (κ1) is 20.6. The van der Waals surface area contributed by atoms with Gasteiger partial charge in [0.05, 0.1) is 18.8 Å². The van der Waals surface area contributed by atoms with Gasteiger partial charge in [-0.2, -0.15) is 0 Å². The van der Waals surface area contributed by atoms with E-state index in [2.05, 4.69) is 14.9 Å². The van der Waals surface area contributed by atoms with E-state index in [0.717, 1.165) is 30.7 Å². The lowest BCUT2D eigenvalue weighted by atomic mass is 10.0. The summed E-state index contributed by atoms with van der Waals surface area (Å²) in [5.74, 6) is 0.172. The normalized spacial score (nSPS) is 15.7. The number of halogens is 1. The third-order valence-corrected chi connectivity index (χ3v) is 5.28. The molecule has 1 aromatic heterocycles. The molecule has 0 amide bonds. The first-order chi connectivity index (χ1) is 15.0. The number of aromatic nitrogens is 2. The highest BCUT2D eigenvalue weighted by Gasteiger charge is 2.29. The third-order valence-electron chi connectivity index (χ3n) is 5.28. The number of rotatable bonds is 7. The van der Waals surface area contributed by atoms with E-state index in [1.165, 1.54) is 30.5 Å². The zero-order valence-electron chi connectivity index (χ0n) is 17.0. The molecule has 1 atom stereocenters. The highest BCUT2D eigenvalue weighted by Crippen LogP contribution is 2.35. The summed E-state index contributed by atoms with van der Waals surface area (Å²) in [5, 5.41) is 9.52. The van der Waals surface area contributed by atoms with Gasteiger partial charge >= 0.3 is 5.97 Å². The molecule has 4 rings (SSSR count). The number of aromatic carboxylic acids is 1. The summed E-state index contributed by atoms with van der Waals surface area (Å²) in [6, 6.07) is 13.5. The summed E-state index contributed by atoms with van der Waals surface area (Å²) in [6.07, 6.45) is 3.23. The number of anilines is 1. The topological polar surface area (TPSA) is 84.8 Å². The maximum atomic E-state index is 13.1. The van der Waals surface area contributed by atoms with E-state index in [9.17, 15) is 14.3 Å². The van der Waals surface area contributed by atoms with E-state index in [0.29, 0.717) is 11.7 Å². The first-order valence-electron chi connectivity index (χ1n) is 9.93. The highest BCUT2D eigenvalue weighted by atomic mass is 19.1. The minimum atomic E-state index is -1.13. The fourth-order valence-electron chi connectivity index (χ4n) is 3.69. The fraction of sp³-hybridized carbons (Fsp3) is 0.261. The number of carbonyl (C=O) groups is 1. The van der Waals surface area contributed by atoms with Crippen LogP contribution in [0.5, 0.6) is 11.5 Å². The Morgan fingerprint density at radius 1 is 1.16 bits per heavy atom. The lowest BCUT2D eigenvalue weighted by Crippen LogP contribution is -2.26. The molecular formula is C23H22FN3O4. The van der Waals surface area contributed by atoms with Crippen molar-refractivity contribution < 1.29 is 23.8 Å². The number of hydrogen-bond donors (Lipinski definition) is 1. The van der Waals surface area contributed by atoms with Crippen molar-refractivity contribution in [2.75, 3.05) is 18.6 Å². The van der Waals surface area contributed by atoms with Crippen molar-refractivity contribution in [3.63, 3.8) is 0 Å². The van der Waals surface area contributed by atoms with Crippen molar-refractivity contribution in [2.45, 2.75) is 25.5 Å². The maximum Gasteiger partial charge on any atom is 0.339 e. The Hall–Kier alpha value is -3.68. The average Bonchev–Trinajstić information content (AvgIpc) is 3.28. The van der Waals surface area contributed by atoms with Gasteiger partial charge in [-0.3, -0.25) is 0 Å². The maximum absolute atomic E-state index is 13.1. The standard InChI is InChI=1S/C23H22FN3O4/c1-30-17-8-4-15(5-9-17)21-3-2-12-27(21)23-25-13-19(22(28)29)20(26-23)14-31-18-10-6-16(24)7-11-18/h4-11,13,21H,2-3,12,14H2,1H3,(H,28,29)/t21-/m0/s1. The van der Waals surface area contributed by atoms with Crippen LogP contribution in [0.15, 0.2) is 54.7 Å². The Balaban J connectivity index is 1.59. The van der Waals surface area contributed by atoms with Crippen LogP contribution in [0.1, 0.15) is 40.5 Å². The predicted molar refractivity (Wildman–Crippen MR) is 112 cm³/mol. The Morgan fingerprint density at radius 3 is 2.55 bits per heavy atom. The van der Waals surface area contributed by atoms with E-state index >= 15 is 0 Å². The van der Waals surface area contributed by atoms with Crippen molar-refractivity contribution in [2.24, 2.45) is 0 Å². The second-order valence-electron chi connectivity index (χ2n) is 7.20. The van der Waals surface area contributed by atoms with Crippen LogP contribution in [0.4, 0.5) is 10.3 Å². The molecule has 1 aliphatic heterocycles. The molecule has 1 saturated heterocycles. The van der Waals surface area contributed by atoms with Crippen LogP contribution in [0.3, 0.4) is 0 Å². The van der Waals surface area contributed by atoms with E-state index in [1.54, 1.807) is 7.11 Å². The minimum absolute atomic E-state index is 0.0222. The fourth-order valence-corrected chi connectivity index (χ4v) is 3.69. The summed E-state index contributed by atoms with van der Waals surface area (Å²) < 4.78 is 24.0. The van der Waals surface area contributed by atoms with Crippen molar-refractivity contribution in [3.05, 3.63) is 77.4 Å². The number of carboxylic acid groups (broad SMARTS) is 1. The Morgan fingerprint density at radius 2 is 1.87 bits per heavy atom. The Bertz CT molecular complexity index is 1060. The van der Waals surface area contributed by atoms with Crippen molar-refractivity contribution in [1.82, 2.24) is 9.97 Å². The summed E-state index contributed by atoms with van der Waals surface area (Å²) in [6.45, 7) is 0.700. The van der Waals surface area contributed by atoms with Crippen LogP contribution in [0, 0.1) is 5.82 Å². The van der Waals surface area contributed by atoms with Crippen LogP contribution < -0.4 is 14.4 Å². The number of ether oxygens (including phenoxy) is 2. The number of hydrogen-bond acceptors (Lipinski definition) is 6. The summed E-state index contributed by atoms with van der Waals surface area (Å²) in [4.78, 5) is 22.6. The molecule has 2 heterocycles. The number of nitrogens with zero attached hydrogens (tertiary/aromatic N) is 3. The van der Waals surface area contributed by atoms with Gasteiger partial charge in [0.15, 0.2) is 0 Å².